The molecule has 208 valence electrons. The summed E-state index contributed by atoms with van der Waals surface area (Å²) in [4.78, 5) is 47.1. The van der Waals surface area contributed by atoms with Crippen molar-refractivity contribution in [1.82, 2.24) is 39.3 Å². The molecule has 5 rings (SSSR count). The van der Waals surface area contributed by atoms with Gasteiger partial charge in [-0.3, -0.25) is 19.1 Å². The van der Waals surface area contributed by atoms with Crippen LogP contribution in [0.5, 0.6) is 0 Å². The zero-order valence-corrected chi connectivity index (χ0v) is 25.1. The van der Waals surface area contributed by atoms with Gasteiger partial charge in [0, 0.05) is 47.0 Å². The molecule has 0 bridgehead atoms. The second-order valence-electron chi connectivity index (χ2n) is 10.3. The Kier molecular flexibility index (Phi) is 6.99. The molecule has 1 aliphatic heterocycles. The largest absolute Gasteiger partial charge is 0.354 e. The van der Waals surface area contributed by atoms with Gasteiger partial charge in [0.25, 0.3) is 17.4 Å². The molecule has 1 unspecified atom stereocenters. The van der Waals surface area contributed by atoms with E-state index < -0.39 is 0 Å². The predicted octanol–water partition coefficient (Wildman–Crippen LogP) is 3.09. The number of rotatable bonds is 4. The number of benzene rings is 1. The number of carbonyl (C=O) groups is 2. The molecule has 1 N–H and O–H groups in total. The molecule has 4 aromatic rings. The average Bonchev–Trinajstić information content (AvgIpc) is 3.40. The number of nitrogens with one attached hydrogen (secondary N) is 1. The fraction of sp³-hybridized carbons (Fsp3) is 0.357. The molecule has 3 aromatic heterocycles. The van der Waals surface area contributed by atoms with Crippen LogP contribution in [0.1, 0.15) is 61.5 Å². The summed E-state index contributed by atoms with van der Waals surface area (Å²) in [5, 5.41) is 11.8. The Bertz CT molecular complexity index is 1750. The van der Waals surface area contributed by atoms with Crippen LogP contribution < -0.4 is 10.9 Å². The quantitative estimate of drug-likeness (QED) is 0.381. The number of amides is 2. The minimum absolute atomic E-state index is 0.122. The number of hydrogen-bond donors (Lipinski definition) is 1. The van der Waals surface area contributed by atoms with Crippen LogP contribution in [0.3, 0.4) is 0 Å². The molecule has 0 aliphatic carbocycles. The standard InChI is InChI=1S/C28H31BrN8O3/c1-14-10-19(8-9-21(14)29)26(39)35-13-22-20(12-16(35)3)27(40)36(28(31-22)37-17(4)11-15(2)32-37)24-18(5)23(25(38)30-6)34(7)33-24/h8-11,16H,12-13H2,1-7H3,(H,30,38). The van der Waals surface area contributed by atoms with Crippen LogP contribution in [0.15, 0.2) is 33.5 Å². The smallest absolute Gasteiger partial charge is 0.269 e. The Hall–Kier alpha value is -4.06. The molecule has 40 heavy (non-hydrogen) atoms. The number of aromatic nitrogens is 6. The molecule has 12 heteroatoms. The topological polar surface area (TPSA) is 120 Å². The highest BCUT2D eigenvalue weighted by molar-refractivity contribution is 9.10. The van der Waals surface area contributed by atoms with Gasteiger partial charge in [-0.2, -0.15) is 10.2 Å². The number of fused-ring (bicyclic) bond motifs is 1. The first-order chi connectivity index (χ1) is 18.9. The molecule has 0 saturated heterocycles. The van der Waals surface area contributed by atoms with Crippen molar-refractivity contribution >= 4 is 27.7 Å². The molecule has 0 radical (unpaired) electrons. The van der Waals surface area contributed by atoms with Gasteiger partial charge >= 0.3 is 0 Å². The van der Waals surface area contributed by atoms with E-state index in [4.69, 9.17) is 4.98 Å². The lowest BCUT2D eigenvalue weighted by molar-refractivity contribution is 0.0652. The first-order valence-corrected chi connectivity index (χ1v) is 13.7. The normalized spacial score (nSPS) is 14.8. The van der Waals surface area contributed by atoms with Gasteiger partial charge in [-0.05, 0) is 70.9 Å². The molecule has 1 aliphatic rings. The molecule has 1 aromatic carbocycles. The van der Waals surface area contributed by atoms with Crippen LogP contribution in [0, 0.1) is 27.7 Å². The van der Waals surface area contributed by atoms with Crippen LogP contribution in [-0.4, -0.2) is 58.9 Å². The third-order valence-electron chi connectivity index (χ3n) is 7.37. The summed E-state index contributed by atoms with van der Waals surface area (Å²) in [6.07, 6.45) is 0.327. The van der Waals surface area contributed by atoms with Gasteiger partial charge in [0.05, 0.1) is 17.9 Å². The molecule has 1 atom stereocenters. The minimum Gasteiger partial charge on any atom is -0.354 e. The zero-order chi connectivity index (χ0) is 29.0. The lowest BCUT2D eigenvalue weighted by Crippen LogP contribution is -2.46. The van der Waals surface area contributed by atoms with Crippen molar-refractivity contribution in [3.8, 4) is 11.8 Å². The summed E-state index contributed by atoms with van der Waals surface area (Å²) in [6.45, 7) is 9.55. The monoisotopic (exact) mass is 606 g/mol. The van der Waals surface area contributed by atoms with Gasteiger partial charge in [-0.15, -0.1) is 0 Å². The highest BCUT2D eigenvalue weighted by Gasteiger charge is 2.34. The number of aryl methyl sites for hydroxylation is 4. The van der Waals surface area contributed by atoms with E-state index in [1.807, 2.05) is 45.9 Å². The van der Waals surface area contributed by atoms with Crippen molar-refractivity contribution in [2.75, 3.05) is 7.05 Å². The van der Waals surface area contributed by atoms with Crippen molar-refractivity contribution in [1.29, 1.82) is 0 Å². The van der Waals surface area contributed by atoms with Gasteiger partial charge in [0.1, 0.15) is 5.69 Å². The highest BCUT2D eigenvalue weighted by Crippen LogP contribution is 2.27. The SMILES string of the molecule is CNC(=O)c1c(C)c(-n2c(-n3nc(C)cc3C)nc3c(c2=O)CC(C)N(C(=O)c2ccc(Br)c(C)c2)C3)nn1C. The third-order valence-corrected chi connectivity index (χ3v) is 8.26. The Morgan fingerprint density at radius 3 is 2.45 bits per heavy atom. The maximum absolute atomic E-state index is 14.2. The number of halogens is 1. The molecule has 2 amide bonds. The van der Waals surface area contributed by atoms with E-state index >= 15 is 0 Å². The first kappa shape index (κ1) is 27.5. The van der Waals surface area contributed by atoms with Crippen LogP contribution in [-0.2, 0) is 20.0 Å². The lowest BCUT2D eigenvalue weighted by Gasteiger charge is -2.34. The van der Waals surface area contributed by atoms with E-state index in [-0.39, 0.29) is 35.9 Å². The predicted molar refractivity (Wildman–Crippen MR) is 153 cm³/mol. The Balaban J connectivity index is 1.70. The summed E-state index contributed by atoms with van der Waals surface area (Å²) < 4.78 is 5.43. The maximum Gasteiger partial charge on any atom is 0.269 e. The summed E-state index contributed by atoms with van der Waals surface area (Å²) in [5.74, 6) is 0.125. The molecule has 4 heterocycles. The van der Waals surface area contributed by atoms with Crippen LogP contribution in [0.25, 0.3) is 11.8 Å². The Labute approximate surface area is 240 Å². The van der Waals surface area contributed by atoms with E-state index in [0.717, 1.165) is 21.4 Å². The van der Waals surface area contributed by atoms with Crippen molar-refractivity contribution in [3.05, 3.63) is 84.1 Å². The van der Waals surface area contributed by atoms with Gasteiger partial charge in [-0.25, -0.2) is 14.2 Å². The summed E-state index contributed by atoms with van der Waals surface area (Å²) in [5.41, 5.74) is 4.70. The summed E-state index contributed by atoms with van der Waals surface area (Å²) in [7, 11) is 3.21. The van der Waals surface area contributed by atoms with Crippen molar-refractivity contribution in [3.63, 3.8) is 0 Å². The van der Waals surface area contributed by atoms with Crippen LogP contribution in [0.2, 0.25) is 0 Å². The van der Waals surface area contributed by atoms with E-state index in [9.17, 15) is 14.4 Å². The Morgan fingerprint density at radius 2 is 1.82 bits per heavy atom. The number of hydrogen-bond acceptors (Lipinski definition) is 6. The average molecular weight is 608 g/mol. The van der Waals surface area contributed by atoms with Crippen LogP contribution in [0.4, 0.5) is 0 Å². The number of carbonyl (C=O) groups excluding carboxylic acids is 2. The van der Waals surface area contributed by atoms with Crippen molar-refractivity contribution in [2.24, 2.45) is 7.05 Å². The maximum atomic E-state index is 14.2. The van der Waals surface area contributed by atoms with Crippen molar-refractivity contribution in [2.45, 2.75) is 53.6 Å². The van der Waals surface area contributed by atoms with E-state index in [0.29, 0.717) is 40.3 Å². The van der Waals surface area contributed by atoms with E-state index in [2.05, 4.69) is 31.4 Å². The van der Waals surface area contributed by atoms with Gasteiger partial charge < -0.3 is 10.2 Å². The molecular weight excluding hydrogens is 576 g/mol. The van der Waals surface area contributed by atoms with E-state index in [1.54, 1.807) is 36.7 Å². The zero-order valence-electron chi connectivity index (χ0n) is 23.5. The Morgan fingerprint density at radius 1 is 1.10 bits per heavy atom. The number of nitrogens with zero attached hydrogens (tertiary/aromatic N) is 7. The minimum atomic E-state index is -0.309. The van der Waals surface area contributed by atoms with Gasteiger partial charge in [0.15, 0.2) is 5.82 Å². The summed E-state index contributed by atoms with van der Waals surface area (Å²) in [6, 6.07) is 7.17. The van der Waals surface area contributed by atoms with E-state index in [1.165, 1.54) is 9.25 Å². The highest BCUT2D eigenvalue weighted by atomic mass is 79.9. The molecule has 11 nitrogen and oxygen atoms in total. The third kappa shape index (κ3) is 4.45. The second kappa shape index (κ2) is 10.2. The van der Waals surface area contributed by atoms with Crippen LogP contribution >= 0.6 is 15.9 Å². The fourth-order valence-corrected chi connectivity index (χ4v) is 5.54. The molecular formula is C28H31BrN8O3. The second-order valence-corrected chi connectivity index (χ2v) is 11.1. The fourth-order valence-electron chi connectivity index (χ4n) is 5.29. The molecule has 0 saturated carbocycles. The van der Waals surface area contributed by atoms with Gasteiger partial charge in [-0.1, -0.05) is 15.9 Å². The molecule has 0 fully saturated rings. The lowest BCUT2D eigenvalue weighted by atomic mass is 9.98. The summed E-state index contributed by atoms with van der Waals surface area (Å²) >= 11 is 3.49. The molecule has 0 spiro atoms. The van der Waals surface area contributed by atoms with Crippen molar-refractivity contribution < 1.29 is 9.59 Å². The first-order valence-electron chi connectivity index (χ1n) is 12.9. The van der Waals surface area contributed by atoms with Gasteiger partial charge in [0.2, 0.25) is 5.95 Å².